The van der Waals surface area contributed by atoms with E-state index in [4.69, 9.17) is 0 Å². The highest BCUT2D eigenvalue weighted by atomic mass is 15.2. The van der Waals surface area contributed by atoms with Crippen LogP contribution in [-0.2, 0) is 6.42 Å². The second-order valence-corrected chi connectivity index (χ2v) is 6.38. The first-order valence-corrected chi connectivity index (χ1v) is 8.07. The highest BCUT2D eigenvalue weighted by Gasteiger charge is 2.41. The van der Waals surface area contributed by atoms with Gasteiger partial charge in [-0.25, -0.2) is 0 Å². The molecule has 2 heteroatoms. The Morgan fingerprint density at radius 1 is 1.20 bits per heavy atom. The van der Waals surface area contributed by atoms with Crippen LogP contribution in [0, 0.1) is 0 Å². The van der Waals surface area contributed by atoms with E-state index in [1.165, 1.54) is 43.2 Å². The molecular weight excluding hydrogens is 244 g/mol. The Morgan fingerprint density at radius 3 is 2.45 bits per heavy atom. The van der Waals surface area contributed by atoms with Crippen LogP contribution in [-0.4, -0.2) is 31.6 Å². The maximum Gasteiger partial charge on any atom is 0.0504 e. The van der Waals surface area contributed by atoms with Crippen molar-refractivity contribution in [3.8, 4) is 0 Å². The molecule has 112 valence electrons. The number of likely N-dealkylation sites (N-methyl/N-ethyl adjacent to an activating group) is 2. The summed E-state index contributed by atoms with van der Waals surface area (Å²) < 4.78 is 0. The summed E-state index contributed by atoms with van der Waals surface area (Å²) in [7, 11) is 6.61. The third-order valence-electron chi connectivity index (χ3n) is 5.13. The molecule has 1 aromatic carbocycles. The summed E-state index contributed by atoms with van der Waals surface area (Å²) in [5, 5.41) is 3.62. The van der Waals surface area contributed by atoms with E-state index in [0.717, 1.165) is 6.42 Å². The quantitative estimate of drug-likeness (QED) is 0.879. The van der Waals surface area contributed by atoms with Gasteiger partial charge < -0.3 is 10.2 Å². The molecule has 1 saturated carbocycles. The summed E-state index contributed by atoms with van der Waals surface area (Å²) in [4.78, 5) is 2.46. The van der Waals surface area contributed by atoms with Crippen molar-refractivity contribution in [1.29, 1.82) is 0 Å². The maximum atomic E-state index is 3.62. The van der Waals surface area contributed by atoms with Gasteiger partial charge in [-0.1, -0.05) is 50.5 Å². The van der Waals surface area contributed by atoms with E-state index in [0.29, 0.717) is 6.04 Å². The molecule has 1 aromatic rings. The van der Waals surface area contributed by atoms with Crippen molar-refractivity contribution in [2.24, 2.45) is 0 Å². The van der Waals surface area contributed by atoms with Gasteiger partial charge in [0.25, 0.3) is 0 Å². The summed E-state index contributed by atoms with van der Waals surface area (Å²) in [5.41, 5.74) is 3.15. The zero-order valence-corrected chi connectivity index (χ0v) is 13.6. The molecule has 20 heavy (non-hydrogen) atoms. The largest absolute Gasteiger partial charge is 0.311 e. The molecule has 0 aromatic heterocycles. The van der Waals surface area contributed by atoms with Crippen LogP contribution in [0.1, 0.15) is 56.2 Å². The molecule has 0 radical (unpaired) electrons. The third kappa shape index (κ3) is 2.91. The molecule has 0 bridgehead atoms. The molecule has 2 rings (SSSR count). The van der Waals surface area contributed by atoms with Gasteiger partial charge in [-0.2, -0.15) is 0 Å². The summed E-state index contributed by atoms with van der Waals surface area (Å²) in [6.07, 6.45) is 7.79. The lowest BCUT2D eigenvalue weighted by molar-refractivity contribution is 0.0594. The summed E-state index contributed by atoms with van der Waals surface area (Å²) in [6.45, 7) is 2.23. The average molecular weight is 274 g/mol. The first-order chi connectivity index (χ1) is 9.64. The molecular formula is C18H30N2. The maximum absolute atomic E-state index is 3.62. The van der Waals surface area contributed by atoms with Crippen LogP contribution < -0.4 is 5.32 Å². The van der Waals surface area contributed by atoms with Crippen LogP contribution in [0.3, 0.4) is 0 Å². The van der Waals surface area contributed by atoms with Gasteiger partial charge in [0, 0.05) is 5.54 Å². The molecule has 1 N–H and O–H groups in total. The van der Waals surface area contributed by atoms with E-state index in [1.54, 1.807) is 0 Å². The Bertz CT molecular complexity index is 419. The van der Waals surface area contributed by atoms with E-state index in [-0.39, 0.29) is 5.54 Å². The van der Waals surface area contributed by atoms with Gasteiger partial charge in [-0.3, -0.25) is 0 Å². The minimum Gasteiger partial charge on any atom is -0.311 e. The van der Waals surface area contributed by atoms with Crippen molar-refractivity contribution >= 4 is 0 Å². The Hall–Kier alpha value is -0.860. The van der Waals surface area contributed by atoms with Crippen LogP contribution in [0.2, 0.25) is 0 Å². The van der Waals surface area contributed by atoms with Gasteiger partial charge in [0.2, 0.25) is 0 Å². The molecule has 1 fully saturated rings. The van der Waals surface area contributed by atoms with Crippen molar-refractivity contribution in [2.75, 3.05) is 21.1 Å². The number of nitrogens with zero attached hydrogens (tertiary/aromatic N) is 1. The molecule has 1 unspecified atom stereocenters. The number of hydrogen-bond acceptors (Lipinski definition) is 2. The van der Waals surface area contributed by atoms with Gasteiger partial charge in [0.1, 0.15) is 0 Å². The highest BCUT2D eigenvalue weighted by Crippen LogP contribution is 2.41. The van der Waals surface area contributed by atoms with Crippen LogP contribution >= 0.6 is 0 Å². The lowest BCUT2D eigenvalue weighted by Gasteiger charge is -2.48. The van der Waals surface area contributed by atoms with Crippen molar-refractivity contribution in [2.45, 2.75) is 57.0 Å². The number of rotatable bonds is 5. The van der Waals surface area contributed by atoms with Gasteiger partial charge >= 0.3 is 0 Å². The topological polar surface area (TPSA) is 15.3 Å². The SMILES string of the molecule is CCc1cccc(C(NC)C2(N(C)C)CCCCC2)c1. The van der Waals surface area contributed by atoms with E-state index in [2.05, 4.69) is 62.5 Å². The fourth-order valence-electron chi connectivity index (χ4n) is 3.90. The van der Waals surface area contributed by atoms with Crippen molar-refractivity contribution in [3.05, 3.63) is 35.4 Å². The standard InChI is InChI=1S/C18H30N2/c1-5-15-10-9-11-16(14-15)17(19-2)18(20(3)4)12-7-6-8-13-18/h9-11,14,17,19H,5-8,12-13H2,1-4H3. The Balaban J connectivity index is 2.37. The first kappa shape index (κ1) is 15.5. The van der Waals surface area contributed by atoms with Gasteiger partial charge in [0.15, 0.2) is 0 Å². The summed E-state index contributed by atoms with van der Waals surface area (Å²) in [5.74, 6) is 0. The van der Waals surface area contributed by atoms with Crippen molar-refractivity contribution < 1.29 is 0 Å². The fourth-order valence-corrected chi connectivity index (χ4v) is 3.90. The molecule has 1 atom stereocenters. The van der Waals surface area contributed by atoms with Gasteiger partial charge in [-0.15, -0.1) is 0 Å². The van der Waals surface area contributed by atoms with Crippen molar-refractivity contribution in [3.63, 3.8) is 0 Å². The molecule has 0 amide bonds. The first-order valence-electron chi connectivity index (χ1n) is 8.07. The van der Waals surface area contributed by atoms with Crippen LogP contribution in [0.5, 0.6) is 0 Å². The fraction of sp³-hybridized carbons (Fsp3) is 0.667. The van der Waals surface area contributed by atoms with E-state index in [1.807, 2.05) is 0 Å². The zero-order chi connectivity index (χ0) is 14.6. The Morgan fingerprint density at radius 2 is 1.90 bits per heavy atom. The monoisotopic (exact) mass is 274 g/mol. The van der Waals surface area contributed by atoms with Crippen LogP contribution in [0.4, 0.5) is 0 Å². The van der Waals surface area contributed by atoms with Crippen LogP contribution in [0.25, 0.3) is 0 Å². The van der Waals surface area contributed by atoms with Crippen molar-refractivity contribution in [1.82, 2.24) is 10.2 Å². The minimum absolute atomic E-state index is 0.263. The van der Waals surface area contributed by atoms with Crippen LogP contribution in [0.15, 0.2) is 24.3 Å². The normalized spacial score (nSPS) is 20.1. The van der Waals surface area contributed by atoms with E-state index < -0.39 is 0 Å². The molecule has 0 heterocycles. The number of nitrogens with one attached hydrogen (secondary N) is 1. The zero-order valence-electron chi connectivity index (χ0n) is 13.6. The van der Waals surface area contributed by atoms with Gasteiger partial charge in [0.05, 0.1) is 6.04 Å². The molecule has 2 nitrogen and oxygen atoms in total. The lowest BCUT2D eigenvalue weighted by Crippen LogP contribution is -2.54. The average Bonchev–Trinajstić information content (AvgIpc) is 2.49. The predicted octanol–water partition coefficient (Wildman–Crippen LogP) is 3.77. The molecule has 0 saturated heterocycles. The number of hydrogen-bond donors (Lipinski definition) is 1. The minimum atomic E-state index is 0.263. The molecule has 1 aliphatic carbocycles. The second kappa shape index (κ2) is 6.73. The van der Waals surface area contributed by atoms with E-state index >= 15 is 0 Å². The Labute approximate surface area is 124 Å². The smallest absolute Gasteiger partial charge is 0.0504 e. The lowest BCUT2D eigenvalue weighted by atomic mass is 9.73. The predicted molar refractivity (Wildman–Crippen MR) is 87.1 cm³/mol. The second-order valence-electron chi connectivity index (χ2n) is 6.38. The molecule has 1 aliphatic rings. The number of benzene rings is 1. The third-order valence-corrected chi connectivity index (χ3v) is 5.13. The van der Waals surface area contributed by atoms with E-state index in [9.17, 15) is 0 Å². The number of aryl methyl sites for hydroxylation is 1. The summed E-state index contributed by atoms with van der Waals surface area (Å²) >= 11 is 0. The van der Waals surface area contributed by atoms with Gasteiger partial charge in [-0.05, 0) is 51.5 Å². The summed E-state index contributed by atoms with van der Waals surface area (Å²) in [6, 6.07) is 9.55. The molecule has 0 aliphatic heterocycles. The highest BCUT2D eigenvalue weighted by molar-refractivity contribution is 5.29. The Kier molecular flexibility index (Phi) is 5.22. The molecule has 0 spiro atoms.